The fraction of sp³-hybridized carbons (Fsp3) is 0.750. The average molecular weight is 328 g/mol. The number of alkyl halides is 2. The molecule has 1 N–H and O–H groups in total. The molecular formula is C16H22F2N2O3. The predicted molar refractivity (Wildman–Crippen MR) is 78.3 cm³/mol. The minimum Gasteiger partial charge on any atom is -0.481 e. The van der Waals surface area contributed by atoms with Crippen molar-refractivity contribution in [3.63, 3.8) is 0 Å². The molecule has 0 aromatic carbocycles. The van der Waals surface area contributed by atoms with Crippen LogP contribution in [0.4, 0.5) is 8.78 Å². The monoisotopic (exact) mass is 328 g/mol. The molecule has 1 atom stereocenters. The molecule has 0 bridgehead atoms. The van der Waals surface area contributed by atoms with Gasteiger partial charge in [-0.05, 0) is 32.2 Å². The summed E-state index contributed by atoms with van der Waals surface area (Å²) in [5.74, 6) is -4.23. The van der Waals surface area contributed by atoms with Crippen molar-refractivity contribution in [2.24, 2.45) is 5.92 Å². The first-order chi connectivity index (χ1) is 11.0. The first-order valence-electron chi connectivity index (χ1n) is 8.24. The van der Waals surface area contributed by atoms with E-state index in [1.165, 1.54) is 0 Å². The van der Waals surface area contributed by atoms with Crippen LogP contribution in [-0.2, 0) is 24.2 Å². The van der Waals surface area contributed by atoms with E-state index in [1.54, 1.807) is 0 Å². The van der Waals surface area contributed by atoms with E-state index in [-0.39, 0.29) is 19.4 Å². The largest absolute Gasteiger partial charge is 0.481 e. The molecule has 1 aliphatic carbocycles. The summed E-state index contributed by atoms with van der Waals surface area (Å²) in [6.45, 7) is 1.23. The van der Waals surface area contributed by atoms with E-state index in [9.17, 15) is 13.6 Å². The molecular weight excluding hydrogens is 306 g/mol. The number of carboxylic acids is 1. The van der Waals surface area contributed by atoms with Crippen LogP contribution >= 0.6 is 0 Å². The van der Waals surface area contributed by atoms with Crippen LogP contribution in [0, 0.1) is 5.92 Å². The number of hydrogen-bond donors (Lipinski definition) is 1. The highest BCUT2D eigenvalue weighted by molar-refractivity contribution is 5.67. The Labute approximate surface area is 133 Å². The molecule has 1 aliphatic heterocycles. The highest BCUT2D eigenvalue weighted by atomic mass is 19.3. The molecule has 2 aliphatic rings. The third-order valence-electron chi connectivity index (χ3n) is 4.98. The van der Waals surface area contributed by atoms with Gasteiger partial charge in [0, 0.05) is 37.4 Å². The van der Waals surface area contributed by atoms with Crippen LogP contribution < -0.4 is 0 Å². The van der Waals surface area contributed by atoms with Gasteiger partial charge in [-0.2, -0.15) is 0 Å². The van der Waals surface area contributed by atoms with Gasteiger partial charge >= 0.3 is 5.97 Å². The summed E-state index contributed by atoms with van der Waals surface area (Å²) in [5, 5.41) is 13.0. The summed E-state index contributed by atoms with van der Waals surface area (Å²) in [4.78, 5) is 12.7. The van der Waals surface area contributed by atoms with Crippen molar-refractivity contribution < 1.29 is 23.2 Å². The Bertz CT molecular complexity index is 574. The predicted octanol–water partition coefficient (Wildman–Crippen LogP) is 2.88. The number of fused-ring (bicyclic) bond motifs is 1. The van der Waals surface area contributed by atoms with Gasteiger partial charge in [-0.25, -0.2) is 8.78 Å². The third kappa shape index (κ3) is 3.71. The topological polar surface area (TPSA) is 66.6 Å². The van der Waals surface area contributed by atoms with Crippen molar-refractivity contribution >= 4 is 5.97 Å². The molecule has 0 radical (unpaired) electrons. The number of halogens is 2. The molecule has 1 aromatic rings. The van der Waals surface area contributed by atoms with Crippen molar-refractivity contribution in [1.29, 1.82) is 0 Å². The molecule has 0 amide bonds. The van der Waals surface area contributed by atoms with E-state index in [1.807, 2.05) is 4.90 Å². The maximum atomic E-state index is 14.1. The number of carbonyl (C=O) groups is 1. The summed E-state index contributed by atoms with van der Waals surface area (Å²) < 4.78 is 33.6. The van der Waals surface area contributed by atoms with E-state index < -0.39 is 24.2 Å². The summed E-state index contributed by atoms with van der Waals surface area (Å²) in [6, 6.07) is 0. The van der Waals surface area contributed by atoms with Gasteiger partial charge in [0.2, 0.25) is 0 Å². The molecule has 1 aromatic heterocycles. The summed E-state index contributed by atoms with van der Waals surface area (Å²) in [6.07, 6.45) is 3.49. The number of hydrogen-bond acceptors (Lipinski definition) is 4. The first-order valence-corrected chi connectivity index (χ1v) is 8.24. The molecule has 23 heavy (non-hydrogen) atoms. The van der Waals surface area contributed by atoms with E-state index in [0.717, 1.165) is 42.7 Å². The van der Waals surface area contributed by atoms with Crippen LogP contribution in [0.1, 0.15) is 49.1 Å². The maximum Gasteiger partial charge on any atom is 0.303 e. The second-order valence-electron chi connectivity index (χ2n) is 6.61. The summed E-state index contributed by atoms with van der Waals surface area (Å²) in [7, 11) is 0. The average Bonchev–Trinajstić information content (AvgIpc) is 2.85. The molecule has 1 saturated heterocycles. The van der Waals surface area contributed by atoms with Gasteiger partial charge < -0.3 is 9.63 Å². The molecule has 1 fully saturated rings. The molecule has 128 valence electrons. The number of carboxylic acid groups (broad SMARTS) is 1. The minimum atomic E-state index is -2.92. The van der Waals surface area contributed by atoms with Gasteiger partial charge in [-0.3, -0.25) is 9.69 Å². The Morgan fingerprint density at radius 1 is 1.35 bits per heavy atom. The molecule has 0 spiro atoms. The second-order valence-corrected chi connectivity index (χ2v) is 6.61. The lowest BCUT2D eigenvalue weighted by Crippen LogP contribution is -2.30. The van der Waals surface area contributed by atoms with Gasteiger partial charge in [0.1, 0.15) is 11.5 Å². The van der Waals surface area contributed by atoms with Crippen LogP contribution in [-0.4, -0.2) is 40.1 Å². The molecule has 2 heterocycles. The number of rotatable bonds is 4. The smallest absolute Gasteiger partial charge is 0.303 e. The number of aliphatic carboxylic acids is 1. The Morgan fingerprint density at radius 2 is 2.13 bits per heavy atom. The van der Waals surface area contributed by atoms with E-state index in [0.29, 0.717) is 13.1 Å². The highest BCUT2D eigenvalue weighted by Gasteiger charge is 2.42. The zero-order valence-corrected chi connectivity index (χ0v) is 13.1. The molecule has 1 unspecified atom stereocenters. The third-order valence-corrected chi connectivity index (χ3v) is 4.98. The Balaban J connectivity index is 1.66. The fourth-order valence-electron chi connectivity index (χ4n) is 3.58. The zero-order valence-electron chi connectivity index (χ0n) is 13.1. The van der Waals surface area contributed by atoms with Gasteiger partial charge in [-0.1, -0.05) is 5.16 Å². The normalized spacial score (nSPS) is 24.9. The second kappa shape index (κ2) is 6.55. The highest BCUT2D eigenvalue weighted by Crippen LogP contribution is 2.36. The lowest BCUT2D eigenvalue weighted by atomic mass is 9.93. The maximum absolute atomic E-state index is 14.1. The molecule has 3 rings (SSSR count). The van der Waals surface area contributed by atoms with Gasteiger partial charge in [0.05, 0.1) is 6.42 Å². The lowest BCUT2D eigenvalue weighted by Gasteiger charge is -2.22. The minimum absolute atomic E-state index is 0.194. The van der Waals surface area contributed by atoms with Crippen molar-refractivity contribution in [2.75, 3.05) is 13.1 Å². The van der Waals surface area contributed by atoms with Crippen LogP contribution in [0.3, 0.4) is 0 Å². The molecule has 5 nitrogen and oxygen atoms in total. The summed E-state index contributed by atoms with van der Waals surface area (Å²) in [5.41, 5.74) is 2.01. The van der Waals surface area contributed by atoms with Crippen molar-refractivity contribution in [3.05, 3.63) is 17.0 Å². The number of aryl methyl sites for hydroxylation is 1. The number of likely N-dealkylation sites (tertiary alicyclic amines) is 1. The standard InChI is InChI=1S/C16H22F2N2O3/c17-16(18)6-8-20(7-5-11(16)9-15(21)22)10-13-12-3-1-2-4-14(12)23-19-13/h11H,1-10H2,(H,21,22). The Kier molecular flexibility index (Phi) is 4.66. The van der Waals surface area contributed by atoms with Crippen molar-refractivity contribution in [1.82, 2.24) is 10.1 Å². The van der Waals surface area contributed by atoms with Crippen LogP contribution in [0.2, 0.25) is 0 Å². The lowest BCUT2D eigenvalue weighted by molar-refractivity contribution is -0.143. The fourth-order valence-corrected chi connectivity index (χ4v) is 3.58. The Morgan fingerprint density at radius 3 is 2.91 bits per heavy atom. The number of nitrogens with zero attached hydrogens (tertiary/aromatic N) is 2. The van der Waals surface area contributed by atoms with Gasteiger partial charge in [0.25, 0.3) is 5.92 Å². The quantitative estimate of drug-likeness (QED) is 0.920. The van der Waals surface area contributed by atoms with E-state index >= 15 is 0 Å². The molecule has 0 saturated carbocycles. The van der Waals surface area contributed by atoms with Crippen LogP contribution in [0.25, 0.3) is 0 Å². The first kappa shape index (κ1) is 16.4. The zero-order chi connectivity index (χ0) is 16.4. The Hall–Kier alpha value is -1.50. The van der Waals surface area contributed by atoms with Crippen molar-refractivity contribution in [3.8, 4) is 0 Å². The van der Waals surface area contributed by atoms with Crippen molar-refractivity contribution in [2.45, 2.75) is 57.4 Å². The van der Waals surface area contributed by atoms with Gasteiger partial charge in [-0.15, -0.1) is 0 Å². The number of aromatic nitrogens is 1. The van der Waals surface area contributed by atoms with E-state index in [2.05, 4.69) is 5.16 Å². The SMILES string of the molecule is O=C(O)CC1CCN(Cc2noc3c2CCCC3)CCC1(F)F. The van der Waals surface area contributed by atoms with E-state index in [4.69, 9.17) is 9.63 Å². The van der Waals surface area contributed by atoms with Gasteiger partial charge in [0.15, 0.2) is 0 Å². The van der Waals surface area contributed by atoms with Crippen LogP contribution in [0.15, 0.2) is 4.52 Å². The summed E-state index contributed by atoms with van der Waals surface area (Å²) >= 11 is 0. The van der Waals surface area contributed by atoms with Crippen LogP contribution in [0.5, 0.6) is 0 Å². The molecule has 7 heteroatoms.